The molecule has 7 nitrogen and oxygen atoms in total. The molecule has 0 fully saturated rings. The predicted octanol–water partition coefficient (Wildman–Crippen LogP) is 1.50. The molecule has 0 saturated heterocycles. The van der Waals surface area contributed by atoms with Crippen molar-refractivity contribution < 1.29 is 14.7 Å². The van der Waals surface area contributed by atoms with Crippen molar-refractivity contribution in [2.24, 2.45) is 5.41 Å². The van der Waals surface area contributed by atoms with E-state index in [-0.39, 0.29) is 5.82 Å². The van der Waals surface area contributed by atoms with Crippen molar-refractivity contribution in [3.63, 3.8) is 0 Å². The van der Waals surface area contributed by atoms with Crippen LogP contribution in [-0.2, 0) is 9.63 Å². The molecule has 0 saturated carbocycles. The van der Waals surface area contributed by atoms with Crippen LogP contribution < -0.4 is 11.1 Å². The monoisotopic (exact) mass is 305 g/mol. The normalized spacial score (nSPS) is 13.0. The topological polar surface area (TPSA) is 93.4 Å². The molecule has 1 aromatic heterocycles. The maximum atomic E-state index is 12.6. The second-order valence-corrected chi connectivity index (χ2v) is 6.08. The van der Waals surface area contributed by atoms with Gasteiger partial charge in [-0.25, -0.2) is 9.78 Å². The number of carbonyl (C=O) groups excluding carboxylic acids is 1. The Morgan fingerprint density at radius 2 is 2.00 bits per heavy atom. The second kappa shape index (κ2) is 5.76. The molecule has 118 valence electrons. The van der Waals surface area contributed by atoms with Gasteiger partial charge in [-0.05, 0) is 17.5 Å². The molecule has 0 bridgehead atoms. The first-order chi connectivity index (χ1) is 10.2. The number of hydrogen-bond acceptors (Lipinski definition) is 6. The van der Waals surface area contributed by atoms with Gasteiger partial charge in [0, 0.05) is 6.92 Å². The van der Waals surface area contributed by atoms with E-state index < -0.39 is 23.0 Å². The van der Waals surface area contributed by atoms with Gasteiger partial charge >= 0.3 is 5.97 Å². The Hall–Kier alpha value is -2.41. The molecule has 2 rings (SSSR count). The molecule has 0 spiro atoms. The lowest BCUT2D eigenvalue weighted by Gasteiger charge is -2.27. The van der Waals surface area contributed by atoms with Crippen molar-refractivity contribution in [3.8, 4) is 0 Å². The highest BCUT2D eigenvalue weighted by molar-refractivity contribution is 5.77. The van der Waals surface area contributed by atoms with Crippen molar-refractivity contribution in [3.05, 3.63) is 40.4 Å². The van der Waals surface area contributed by atoms with E-state index in [2.05, 4.69) is 15.4 Å². The fraction of sp³-hybridized carbons (Fsp3) is 0.400. The minimum absolute atomic E-state index is 0.0810. The Kier molecular flexibility index (Phi) is 4.18. The molecule has 1 aromatic carbocycles. The zero-order valence-electron chi connectivity index (χ0n) is 13.0. The lowest BCUT2D eigenvalue weighted by Crippen LogP contribution is -2.37. The number of aliphatic hydroxyl groups excluding tert-OH is 1. The zero-order chi connectivity index (χ0) is 16.5. The third-order valence-electron chi connectivity index (χ3n) is 3.15. The number of hydrogen-bond donors (Lipinski definition) is 2. The molecule has 0 amide bonds. The van der Waals surface area contributed by atoms with Crippen molar-refractivity contribution in [1.29, 1.82) is 0 Å². The summed E-state index contributed by atoms with van der Waals surface area (Å²) in [6, 6.07) is 6.77. The van der Waals surface area contributed by atoms with Gasteiger partial charge in [-0.2, -0.15) is 4.68 Å². The fourth-order valence-electron chi connectivity index (χ4n) is 1.92. The van der Waals surface area contributed by atoms with Gasteiger partial charge in [0.15, 0.2) is 5.82 Å². The minimum atomic E-state index is -1.03. The molecule has 22 heavy (non-hydrogen) atoms. The Labute approximate surface area is 127 Å². The molecule has 0 aliphatic rings. The number of fused-ring (bicyclic) bond motifs is 1. The van der Waals surface area contributed by atoms with Crippen LogP contribution in [0.5, 0.6) is 0 Å². The van der Waals surface area contributed by atoms with Gasteiger partial charge in [-0.3, -0.25) is 4.79 Å². The van der Waals surface area contributed by atoms with E-state index in [1.165, 1.54) is 6.92 Å². The number of benzene rings is 1. The first-order valence-corrected chi connectivity index (χ1v) is 6.85. The van der Waals surface area contributed by atoms with Gasteiger partial charge in [0.1, 0.15) is 6.10 Å². The van der Waals surface area contributed by atoms with E-state index in [0.29, 0.717) is 10.9 Å². The fourth-order valence-corrected chi connectivity index (χ4v) is 1.92. The van der Waals surface area contributed by atoms with Crippen molar-refractivity contribution in [1.82, 2.24) is 9.66 Å². The van der Waals surface area contributed by atoms with Crippen LogP contribution in [0.2, 0.25) is 0 Å². The smallest absolute Gasteiger partial charge is 0.331 e. The van der Waals surface area contributed by atoms with Gasteiger partial charge in [-0.1, -0.05) is 32.9 Å². The number of rotatable bonds is 3. The Bertz CT molecular complexity index is 761. The van der Waals surface area contributed by atoms with Crippen molar-refractivity contribution in [2.75, 3.05) is 5.59 Å². The molecule has 1 heterocycles. The highest BCUT2D eigenvalue weighted by atomic mass is 16.7. The maximum Gasteiger partial charge on any atom is 0.331 e. The summed E-state index contributed by atoms with van der Waals surface area (Å²) in [7, 11) is 0. The van der Waals surface area contributed by atoms with Crippen LogP contribution in [0.1, 0.15) is 39.6 Å². The molecule has 0 aliphatic carbocycles. The molecular formula is C15H19N3O4. The van der Waals surface area contributed by atoms with E-state index in [1.54, 1.807) is 24.3 Å². The average Bonchev–Trinajstić information content (AvgIpc) is 2.44. The van der Waals surface area contributed by atoms with Crippen LogP contribution in [-0.4, -0.2) is 20.7 Å². The van der Waals surface area contributed by atoms with Gasteiger partial charge < -0.3 is 9.94 Å². The summed E-state index contributed by atoms with van der Waals surface area (Å²) in [6.45, 7) is 6.64. The second-order valence-electron chi connectivity index (χ2n) is 6.08. The summed E-state index contributed by atoms with van der Waals surface area (Å²) in [5.41, 5.74) is 1.72. The standard InChI is InChI=1S/C15H19N3O4/c1-9(19)22-17-18-13(12(20)15(2,3)4)16-11-8-6-5-7-10(11)14(18)21/h5-8,12,17,20H,1-4H3/t12-/m1/s1. The van der Waals surface area contributed by atoms with E-state index in [0.717, 1.165) is 4.68 Å². The Morgan fingerprint density at radius 1 is 1.36 bits per heavy atom. The van der Waals surface area contributed by atoms with Gasteiger partial charge in [0.2, 0.25) is 0 Å². The van der Waals surface area contributed by atoms with Crippen molar-refractivity contribution in [2.45, 2.75) is 33.8 Å². The number of nitrogens with zero attached hydrogens (tertiary/aromatic N) is 2. The summed E-state index contributed by atoms with van der Waals surface area (Å²) in [5.74, 6) is -0.534. The summed E-state index contributed by atoms with van der Waals surface area (Å²) in [6.07, 6.45) is -1.03. The van der Waals surface area contributed by atoms with Crippen LogP contribution in [0.3, 0.4) is 0 Å². The van der Waals surface area contributed by atoms with Gasteiger partial charge in [0.25, 0.3) is 5.56 Å². The number of carbonyl (C=O) groups is 1. The first-order valence-electron chi connectivity index (χ1n) is 6.85. The zero-order valence-corrected chi connectivity index (χ0v) is 13.0. The molecular weight excluding hydrogens is 286 g/mol. The largest absolute Gasteiger partial charge is 0.385 e. The molecule has 0 aliphatic heterocycles. The van der Waals surface area contributed by atoms with Crippen LogP contribution >= 0.6 is 0 Å². The van der Waals surface area contributed by atoms with E-state index in [9.17, 15) is 14.7 Å². The van der Waals surface area contributed by atoms with E-state index >= 15 is 0 Å². The van der Waals surface area contributed by atoms with Crippen LogP contribution in [0, 0.1) is 5.41 Å². The molecule has 0 radical (unpaired) electrons. The highest BCUT2D eigenvalue weighted by Crippen LogP contribution is 2.31. The SMILES string of the molecule is CC(=O)ONn1c([C@@H](O)C(C)(C)C)nc2ccccc2c1=O. The molecule has 2 aromatic rings. The predicted molar refractivity (Wildman–Crippen MR) is 81.5 cm³/mol. The summed E-state index contributed by atoms with van der Waals surface area (Å²) in [4.78, 5) is 32.6. The lowest BCUT2D eigenvalue weighted by molar-refractivity contribution is -0.139. The third-order valence-corrected chi connectivity index (χ3v) is 3.15. The molecule has 2 N–H and O–H groups in total. The lowest BCUT2D eigenvalue weighted by atomic mass is 9.88. The van der Waals surface area contributed by atoms with Crippen LogP contribution in [0.4, 0.5) is 0 Å². The number of para-hydroxylation sites is 1. The summed E-state index contributed by atoms with van der Waals surface area (Å²) in [5, 5.41) is 10.8. The number of aromatic nitrogens is 2. The molecule has 7 heteroatoms. The molecule has 1 atom stereocenters. The average molecular weight is 305 g/mol. The summed E-state index contributed by atoms with van der Waals surface area (Å²) < 4.78 is 0.958. The number of nitrogens with one attached hydrogen (secondary N) is 1. The van der Waals surface area contributed by atoms with Gasteiger partial charge in [-0.15, -0.1) is 5.59 Å². The van der Waals surface area contributed by atoms with E-state index in [4.69, 9.17) is 0 Å². The third kappa shape index (κ3) is 3.09. The minimum Gasteiger partial charge on any atom is -0.385 e. The molecule has 0 unspecified atom stereocenters. The van der Waals surface area contributed by atoms with Crippen molar-refractivity contribution >= 4 is 16.9 Å². The van der Waals surface area contributed by atoms with E-state index in [1.807, 2.05) is 20.8 Å². The quantitative estimate of drug-likeness (QED) is 0.835. The Balaban J connectivity index is 2.68. The first kappa shape index (κ1) is 16.0. The van der Waals surface area contributed by atoms with Gasteiger partial charge in [0.05, 0.1) is 10.9 Å². The number of aliphatic hydroxyl groups is 1. The van der Waals surface area contributed by atoms with Crippen LogP contribution in [0.25, 0.3) is 10.9 Å². The Morgan fingerprint density at radius 3 is 2.59 bits per heavy atom. The summed E-state index contributed by atoms with van der Waals surface area (Å²) >= 11 is 0. The van der Waals surface area contributed by atoms with Crippen LogP contribution in [0.15, 0.2) is 29.1 Å². The highest BCUT2D eigenvalue weighted by Gasteiger charge is 2.29. The maximum absolute atomic E-state index is 12.6.